The Hall–Kier alpha value is -3.43. The average Bonchev–Trinajstić information content (AvgIpc) is 2.99. The normalized spacial score (nSPS) is 10.8. The molecule has 0 radical (unpaired) electrons. The largest absolute Gasteiger partial charge is 0.480 e. The van der Waals surface area contributed by atoms with Gasteiger partial charge in [0, 0.05) is 39.2 Å². The first kappa shape index (κ1) is 37.6. The smallest absolute Gasteiger partial charge is 0.329 e. The van der Waals surface area contributed by atoms with Crippen molar-refractivity contribution in [3.05, 3.63) is 35.4 Å². The van der Waals surface area contributed by atoms with Crippen molar-refractivity contribution >= 4 is 30.1 Å². The van der Waals surface area contributed by atoms with E-state index in [1.807, 2.05) is 19.1 Å². The molecule has 1 aromatic rings. The van der Waals surface area contributed by atoms with Gasteiger partial charge in [-0.05, 0) is 18.1 Å². The van der Waals surface area contributed by atoms with Gasteiger partial charge in [-0.25, -0.2) is 4.79 Å². The van der Waals surface area contributed by atoms with E-state index < -0.39 is 18.5 Å². The molecule has 0 bridgehead atoms. The number of imide groups is 1. The number of amides is 4. The third-order valence-corrected chi connectivity index (χ3v) is 6.16. The quantitative estimate of drug-likeness (QED) is 0.120. The number of rotatable bonds is 25. The fourth-order valence-corrected chi connectivity index (χ4v) is 3.58. The lowest BCUT2D eigenvalue weighted by atomic mass is 10.0. The van der Waals surface area contributed by atoms with E-state index in [-0.39, 0.29) is 84.3 Å². The molecule has 0 aromatic heterocycles. The number of likely N-dealkylation sites (N-methyl/N-ethyl adjacent to an activating group) is 1. The number of ether oxygens (including phenoxy) is 5. The molecule has 1 rings (SSSR count). The summed E-state index contributed by atoms with van der Waals surface area (Å²) in [7, 11) is 1.67. The summed E-state index contributed by atoms with van der Waals surface area (Å²) in [6, 6.07) is 7.13. The van der Waals surface area contributed by atoms with Crippen LogP contribution in [0.5, 0.6) is 0 Å². The van der Waals surface area contributed by atoms with E-state index in [1.54, 1.807) is 19.2 Å². The van der Waals surface area contributed by atoms with Crippen molar-refractivity contribution in [3.8, 4) is 0 Å². The summed E-state index contributed by atoms with van der Waals surface area (Å²) in [6.45, 7) is 5.27. The SMILES string of the molecule is CCc1ccccc1C(=O)N(C=O)CCOCCN(CCOCCN(C)C(C)=O)C(=O)COCCOCCOCC(=O)O. The highest BCUT2D eigenvalue weighted by atomic mass is 16.5. The fourth-order valence-electron chi connectivity index (χ4n) is 3.58. The first-order chi connectivity index (χ1) is 20.7. The minimum Gasteiger partial charge on any atom is -0.480 e. The van der Waals surface area contributed by atoms with Gasteiger partial charge in [0.1, 0.15) is 13.2 Å². The lowest BCUT2D eigenvalue weighted by molar-refractivity contribution is -0.142. The molecule has 43 heavy (non-hydrogen) atoms. The molecule has 0 heterocycles. The van der Waals surface area contributed by atoms with Gasteiger partial charge in [0.25, 0.3) is 5.91 Å². The molecule has 0 aliphatic carbocycles. The first-order valence-electron chi connectivity index (χ1n) is 14.1. The molecule has 0 atom stereocenters. The number of carboxylic acids is 1. The molecule has 0 unspecified atom stereocenters. The number of nitrogens with zero attached hydrogens (tertiary/aromatic N) is 3. The Morgan fingerprint density at radius 3 is 1.88 bits per heavy atom. The second-order valence-electron chi connectivity index (χ2n) is 9.27. The van der Waals surface area contributed by atoms with Crippen molar-refractivity contribution in [1.29, 1.82) is 0 Å². The van der Waals surface area contributed by atoms with Crippen molar-refractivity contribution < 1.29 is 52.8 Å². The molecular weight excluding hydrogens is 566 g/mol. The van der Waals surface area contributed by atoms with Crippen LogP contribution in [0.15, 0.2) is 24.3 Å². The molecule has 0 saturated heterocycles. The lowest BCUT2D eigenvalue weighted by Gasteiger charge is -2.23. The maximum atomic E-state index is 12.8. The van der Waals surface area contributed by atoms with Crippen LogP contribution in [0.25, 0.3) is 0 Å². The zero-order chi connectivity index (χ0) is 31.9. The maximum absolute atomic E-state index is 12.8. The first-order valence-corrected chi connectivity index (χ1v) is 14.1. The van der Waals surface area contributed by atoms with Gasteiger partial charge in [-0.1, -0.05) is 25.1 Å². The molecule has 0 saturated carbocycles. The number of aliphatic carboxylic acids is 1. The van der Waals surface area contributed by atoms with Crippen molar-refractivity contribution in [1.82, 2.24) is 14.7 Å². The van der Waals surface area contributed by atoms with E-state index in [0.717, 1.165) is 10.5 Å². The van der Waals surface area contributed by atoms with Crippen LogP contribution >= 0.6 is 0 Å². The van der Waals surface area contributed by atoms with Crippen LogP contribution in [0, 0.1) is 0 Å². The monoisotopic (exact) mass is 611 g/mol. The predicted molar refractivity (Wildman–Crippen MR) is 155 cm³/mol. The molecule has 1 aromatic carbocycles. The zero-order valence-electron chi connectivity index (χ0n) is 25.4. The molecule has 242 valence electrons. The van der Waals surface area contributed by atoms with Crippen molar-refractivity contribution in [3.63, 3.8) is 0 Å². The molecule has 1 N–H and O–H groups in total. The summed E-state index contributed by atoms with van der Waals surface area (Å²) in [5, 5.41) is 8.52. The van der Waals surface area contributed by atoms with Crippen LogP contribution in [0.2, 0.25) is 0 Å². The highest BCUT2D eigenvalue weighted by molar-refractivity contribution is 6.01. The number of carboxylic acid groups (broad SMARTS) is 1. The van der Waals surface area contributed by atoms with Gasteiger partial charge in [-0.2, -0.15) is 0 Å². The van der Waals surface area contributed by atoms with Gasteiger partial charge in [-0.3, -0.25) is 24.1 Å². The highest BCUT2D eigenvalue weighted by Gasteiger charge is 2.18. The van der Waals surface area contributed by atoms with Crippen molar-refractivity contribution in [2.45, 2.75) is 20.3 Å². The van der Waals surface area contributed by atoms with E-state index in [1.165, 1.54) is 16.7 Å². The minimum absolute atomic E-state index is 0.0611. The van der Waals surface area contributed by atoms with E-state index in [9.17, 15) is 24.0 Å². The standard InChI is InChI=1S/C29H45N3O11/c1-4-25-7-5-6-8-26(25)29(38)32(23-33)12-16-40-15-11-31(10-14-39-13-9-30(3)24(2)34)27(35)21-42-19-17-41-18-20-43-22-28(36)37/h5-8,23H,4,9-22H2,1-3H3,(H,36,37). The molecule has 4 amide bonds. The van der Waals surface area contributed by atoms with Gasteiger partial charge < -0.3 is 38.6 Å². The molecule has 0 aliphatic rings. The van der Waals surface area contributed by atoms with E-state index in [4.69, 9.17) is 28.8 Å². The maximum Gasteiger partial charge on any atom is 0.329 e. The second-order valence-corrected chi connectivity index (χ2v) is 9.27. The predicted octanol–water partition coefficient (Wildman–Crippen LogP) is 0.322. The van der Waals surface area contributed by atoms with Crippen molar-refractivity contribution in [2.24, 2.45) is 0 Å². The topological polar surface area (TPSA) is 161 Å². The molecule has 0 aliphatic heterocycles. The number of carbonyl (C=O) groups excluding carboxylic acids is 4. The summed E-state index contributed by atoms with van der Waals surface area (Å²) >= 11 is 0. The highest BCUT2D eigenvalue weighted by Crippen LogP contribution is 2.12. The molecule has 14 heteroatoms. The Kier molecular flexibility index (Phi) is 20.2. The van der Waals surface area contributed by atoms with Gasteiger partial charge >= 0.3 is 5.97 Å². The number of hydrogen-bond acceptors (Lipinski definition) is 10. The number of hydrogen-bond donors (Lipinski definition) is 1. The summed E-state index contributed by atoms with van der Waals surface area (Å²) in [5.41, 5.74) is 1.32. The summed E-state index contributed by atoms with van der Waals surface area (Å²) in [6.07, 6.45) is 1.14. The number of aryl methyl sites for hydroxylation is 1. The van der Waals surface area contributed by atoms with Crippen LogP contribution in [0.1, 0.15) is 29.8 Å². The lowest BCUT2D eigenvalue weighted by Crippen LogP contribution is -2.40. The zero-order valence-corrected chi connectivity index (χ0v) is 25.4. The van der Waals surface area contributed by atoms with Crippen LogP contribution in [-0.4, -0.2) is 149 Å². The molecule has 14 nitrogen and oxygen atoms in total. The van der Waals surface area contributed by atoms with Gasteiger partial charge in [-0.15, -0.1) is 0 Å². The minimum atomic E-state index is -1.06. The third kappa shape index (κ3) is 16.7. The Balaban J connectivity index is 2.48. The molecular formula is C29H45N3O11. The van der Waals surface area contributed by atoms with E-state index in [2.05, 4.69) is 0 Å². The number of benzene rings is 1. The van der Waals surface area contributed by atoms with Gasteiger partial charge in [0.05, 0.1) is 59.4 Å². The number of carbonyl (C=O) groups is 5. The summed E-state index contributed by atoms with van der Waals surface area (Å²) in [4.78, 5) is 63.0. The molecule has 0 spiro atoms. The van der Waals surface area contributed by atoms with Crippen LogP contribution in [-0.2, 0) is 49.3 Å². The molecule has 0 fully saturated rings. The van der Waals surface area contributed by atoms with Gasteiger partial charge in [0.15, 0.2) is 0 Å². The van der Waals surface area contributed by atoms with Crippen LogP contribution < -0.4 is 0 Å². The summed E-state index contributed by atoms with van der Waals surface area (Å²) < 4.78 is 26.8. The average molecular weight is 612 g/mol. The fraction of sp³-hybridized carbons (Fsp3) is 0.621. The Labute approximate surface area is 252 Å². The second kappa shape index (κ2) is 23.1. The van der Waals surface area contributed by atoms with Gasteiger partial charge in [0.2, 0.25) is 18.2 Å². The Morgan fingerprint density at radius 1 is 0.767 bits per heavy atom. The van der Waals surface area contributed by atoms with E-state index >= 15 is 0 Å². The van der Waals surface area contributed by atoms with Crippen LogP contribution in [0.3, 0.4) is 0 Å². The Morgan fingerprint density at radius 2 is 1.30 bits per heavy atom. The Bertz CT molecular complexity index is 992. The summed E-state index contributed by atoms with van der Waals surface area (Å²) in [5.74, 6) is -1.82. The van der Waals surface area contributed by atoms with Crippen molar-refractivity contribution in [2.75, 3.05) is 99.3 Å². The van der Waals surface area contributed by atoms with Crippen LogP contribution in [0.4, 0.5) is 0 Å². The van der Waals surface area contributed by atoms with E-state index in [0.29, 0.717) is 31.5 Å². The third-order valence-electron chi connectivity index (χ3n) is 6.16.